The van der Waals surface area contributed by atoms with Crippen molar-refractivity contribution in [2.24, 2.45) is 0 Å². The summed E-state index contributed by atoms with van der Waals surface area (Å²) in [5.41, 5.74) is 1.03. The Labute approximate surface area is 187 Å². The lowest BCUT2D eigenvalue weighted by atomic mass is 10.2. The molecule has 1 saturated carbocycles. The smallest absolute Gasteiger partial charge is 0.291 e. The number of rotatable bonds is 7. The minimum atomic E-state index is -3.79. The van der Waals surface area contributed by atoms with Crippen molar-refractivity contribution in [1.82, 2.24) is 29.2 Å². The number of hydrogen-bond acceptors (Lipinski definition) is 8. The number of alkyl halides is 2. The number of ether oxygens (including phenoxy) is 1. The highest BCUT2D eigenvalue weighted by Crippen LogP contribution is 2.36. The largest absolute Gasteiger partial charge is 0.379 e. The number of nitrogens with one attached hydrogen (secondary N) is 1. The first-order valence-electron chi connectivity index (χ1n) is 10.2. The number of pyridine rings is 1. The molecule has 0 aromatic carbocycles. The van der Waals surface area contributed by atoms with Crippen LogP contribution in [0.25, 0.3) is 16.3 Å². The molecule has 0 bridgehead atoms. The zero-order valence-electron chi connectivity index (χ0n) is 17.3. The number of morpholine rings is 1. The minimum absolute atomic E-state index is 0.0965. The van der Waals surface area contributed by atoms with E-state index in [9.17, 15) is 17.2 Å². The van der Waals surface area contributed by atoms with E-state index in [1.54, 1.807) is 16.7 Å². The molecule has 3 aromatic rings. The van der Waals surface area contributed by atoms with Crippen molar-refractivity contribution in [2.75, 3.05) is 26.3 Å². The summed E-state index contributed by atoms with van der Waals surface area (Å²) in [7, 11) is -3.79. The van der Waals surface area contributed by atoms with E-state index < -0.39 is 27.0 Å². The lowest BCUT2D eigenvalue weighted by Gasteiger charge is -2.27. The number of halogens is 2. The molecule has 13 heteroatoms. The third-order valence-electron chi connectivity index (χ3n) is 5.71. The van der Waals surface area contributed by atoms with E-state index in [0.29, 0.717) is 25.3 Å². The Morgan fingerprint density at radius 1 is 1.28 bits per heavy atom. The van der Waals surface area contributed by atoms with Crippen LogP contribution in [0.3, 0.4) is 0 Å². The van der Waals surface area contributed by atoms with E-state index in [1.165, 1.54) is 6.20 Å². The summed E-state index contributed by atoms with van der Waals surface area (Å²) >= 11 is 0.741. The van der Waals surface area contributed by atoms with Gasteiger partial charge in [0.15, 0.2) is 15.8 Å². The predicted octanol–water partition coefficient (Wildman–Crippen LogP) is 2.45. The van der Waals surface area contributed by atoms with Gasteiger partial charge in [0.2, 0.25) is 10.0 Å². The fourth-order valence-electron chi connectivity index (χ4n) is 3.66. The van der Waals surface area contributed by atoms with Gasteiger partial charge in [-0.15, -0.1) is 10.2 Å². The summed E-state index contributed by atoms with van der Waals surface area (Å²) < 4.78 is 62.1. The van der Waals surface area contributed by atoms with Crippen LogP contribution in [0.2, 0.25) is 0 Å². The number of imidazole rings is 1. The summed E-state index contributed by atoms with van der Waals surface area (Å²) in [6.07, 6.45) is 1.92. The second-order valence-electron chi connectivity index (χ2n) is 8.34. The standard InChI is InChI=1S/C19H22F2N6O3S2/c1-19(2-3-19)25-32(28,29)13-8-12(10-26-4-6-30-7-5-26)14-9-22-16(27(14)11-13)18-24-23-17(31-18)15(20)21/h8-9,11,15,25H,2-7,10H2,1H3. The molecular formula is C19H22F2N6O3S2. The van der Waals surface area contributed by atoms with Crippen LogP contribution in [0.15, 0.2) is 23.4 Å². The van der Waals surface area contributed by atoms with Crippen molar-refractivity contribution in [3.05, 3.63) is 29.0 Å². The number of sulfonamides is 1. The van der Waals surface area contributed by atoms with Gasteiger partial charge in [-0.05, 0) is 31.4 Å². The van der Waals surface area contributed by atoms with Crippen LogP contribution >= 0.6 is 11.3 Å². The highest BCUT2D eigenvalue weighted by Gasteiger charge is 2.41. The highest BCUT2D eigenvalue weighted by atomic mass is 32.2. The van der Waals surface area contributed by atoms with E-state index in [2.05, 4.69) is 24.8 Å². The van der Waals surface area contributed by atoms with Gasteiger partial charge < -0.3 is 4.74 Å². The Morgan fingerprint density at radius 3 is 2.69 bits per heavy atom. The highest BCUT2D eigenvalue weighted by molar-refractivity contribution is 7.89. The molecule has 32 heavy (non-hydrogen) atoms. The van der Waals surface area contributed by atoms with Gasteiger partial charge in [-0.1, -0.05) is 11.3 Å². The summed E-state index contributed by atoms with van der Waals surface area (Å²) in [4.78, 5) is 6.64. The molecule has 4 heterocycles. The number of aromatic nitrogens is 4. The maximum Gasteiger partial charge on any atom is 0.291 e. The molecule has 2 fully saturated rings. The van der Waals surface area contributed by atoms with E-state index in [-0.39, 0.29) is 15.7 Å². The Bertz CT molecular complexity index is 1250. The van der Waals surface area contributed by atoms with Crippen molar-refractivity contribution in [2.45, 2.75) is 43.2 Å². The van der Waals surface area contributed by atoms with Crippen molar-refractivity contribution in [3.63, 3.8) is 0 Å². The lowest BCUT2D eigenvalue weighted by Crippen LogP contribution is -2.36. The Balaban J connectivity index is 1.61. The first-order chi connectivity index (χ1) is 15.2. The second-order valence-corrected chi connectivity index (χ2v) is 11.0. The normalized spacial score (nSPS) is 19.1. The Morgan fingerprint density at radius 2 is 2.03 bits per heavy atom. The summed E-state index contributed by atoms with van der Waals surface area (Å²) in [6.45, 7) is 5.06. The van der Waals surface area contributed by atoms with Gasteiger partial charge in [-0.3, -0.25) is 9.30 Å². The first-order valence-corrected chi connectivity index (χ1v) is 12.5. The summed E-state index contributed by atoms with van der Waals surface area (Å²) in [5, 5.41) is 7.18. The molecule has 0 unspecified atom stereocenters. The SMILES string of the molecule is CC1(NS(=O)(=O)c2cc(CN3CCOCC3)c3cnc(-c4nnc(C(F)F)s4)n3c2)CC1. The summed E-state index contributed by atoms with van der Waals surface area (Å²) in [5.74, 6) is 0.280. The van der Waals surface area contributed by atoms with E-state index >= 15 is 0 Å². The molecule has 0 amide bonds. The molecule has 1 aliphatic heterocycles. The van der Waals surface area contributed by atoms with Crippen molar-refractivity contribution in [1.29, 1.82) is 0 Å². The van der Waals surface area contributed by atoms with Crippen LogP contribution < -0.4 is 4.72 Å². The monoisotopic (exact) mass is 484 g/mol. The summed E-state index contributed by atoms with van der Waals surface area (Å²) in [6, 6.07) is 1.66. The second kappa shape index (κ2) is 8.06. The molecule has 5 rings (SSSR count). The van der Waals surface area contributed by atoms with Crippen LogP contribution in [-0.4, -0.2) is 64.7 Å². The van der Waals surface area contributed by atoms with Gasteiger partial charge >= 0.3 is 0 Å². The third-order valence-corrected chi connectivity index (χ3v) is 8.24. The maximum absolute atomic E-state index is 13.1. The molecule has 9 nitrogen and oxygen atoms in total. The molecule has 0 radical (unpaired) electrons. The Kier molecular flexibility index (Phi) is 5.48. The number of fused-ring (bicyclic) bond motifs is 1. The average molecular weight is 485 g/mol. The molecule has 0 atom stereocenters. The predicted molar refractivity (Wildman–Crippen MR) is 113 cm³/mol. The fraction of sp³-hybridized carbons (Fsp3) is 0.526. The van der Waals surface area contributed by atoms with E-state index in [1.807, 2.05) is 6.92 Å². The number of nitrogens with zero attached hydrogens (tertiary/aromatic N) is 5. The molecule has 1 saturated heterocycles. The average Bonchev–Trinajstić information content (AvgIpc) is 3.15. The quantitative estimate of drug-likeness (QED) is 0.550. The van der Waals surface area contributed by atoms with Gasteiger partial charge in [0.1, 0.15) is 0 Å². The van der Waals surface area contributed by atoms with Crippen LogP contribution in [-0.2, 0) is 21.3 Å². The van der Waals surface area contributed by atoms with Crippen LogP contribution in [0, 0.1) is 0 Å². The topological polar surface area (TPSA) is 102 Å². The van der Waals surface area contributed by atoms with Gasteiger partial charge in [0.05, 0.1) is 29.8 Å². The molecule has 2 aliphatic rings. The fourth-order valence-corrected chi connectivity index (χ4v) is 5.86. The van der Waals surface area contributed by atoms with Gasteiger partial charge in [-0.25, -0.2) is 26.9 Å². The zero-order valence-corrected chi connectivity index (χ0v) is 18.9. The molecule has 1 aliphatic carbocycles. The van der Waals surface area contributed by atoms with Crippen LogP contribution in [0.1, 0.15) is 36.8 Å². The van der Waals surface area contributed by atoms with Crippen LogP contribution in [0.4, 0.5) is 8.78 Å². The Hall–Kier alpha value is -2.06. The van der Waals surface area contributed by atoms with Crippen molar-refractivity contribution >= 4 is 26.9 Å². The van der Waals surface area contributed by atoms with Crippen LogP contribution in [0.5, 0.6) is 0 Å². The zero-order chi connectivity index (χ0) is 22.5. The third kappa shape index (κ3) is 4.27. The van der Waals surface area contributed by atoms with Gasteiger partial charge in [0.25, 0.3) is 6.43 Å². The van der Waals surface area contributed by atoms with E-state index in [0.717, 1.165) is 42.8 Å². The van der Waals surface area contributed by atoms with Crippen molar-refractivity contribution in [3.8, 4) is 10.8 Å². The molecule has 172 valence electrons. The van der Waals surface area contributed by atoms with E-state index in [4.69, 9.17) is 4.74 Å². The maximum atomic E-state index is 13.1. The van der Waals surface area contributed by atoms with Gasteiger partial charge in [-0.2, -0.15) is 0 Å². The number of hydrogen-bond donors (Lipinski definition) is 1. The molecule has 3 aromatic heterocycles. The molecular weight excluding hydrogens is 462 g/mol. The molecule has 1 N–H and O–H groups in total. The first kappa shape index (κ1) is 21.8. The molecule has 0 spiro atoms. The van der Waals surface area contributed by atoms with Gasteiger partial charge in [0, 0.05) is 31.4 Å². The lowest BCUT2D eigenvalue weighted by molar-refractivity contribution is 0.0343. The minimum Gasteiger partial charge on any atom is -0.379 e. The van der Waals surface area contributed by atoms with Crippen molar-refractivity contribution < 1.29 is 21.9 Å².